The van der Waals surface area contributed by atoms with Crippen LogP contribution in [0, 0.1) is 11.6 Å². The first-order valence-electron chi connectivity index (χ1n) is 10.6. The van der Waals surface area contributed by atoms with Crippen LogP contribution >= 0.6 is 0 Å². The number of rotatable bonds is 7. The Balaban J connectivity index is 1.51. The zero-order valence-electron chi connectivity index (χ0n) is 17.9. The minimum Gasteiger partial charge on any atom is -0.380 e. The van der Waals surface area contributed by atoms with Gasteiger partial charge in [0.25, 0.3) is 5.91 Å². The molecule has 0 spiro atoms. The zero-order chi connectivity index (χ0) is 23.4. The minimum atomic E-state index is -0.709. The number of nitrogens with zero attached hydrogens (tertiary/aromatic N) is 3. The summed E-state index contributed by atoms with van der Waals surface area (Å²) in [5, 5.41) is 2.89. The van der Waals surface area contributed by atoms with E-state index in [2.05, 4.69) is 15.3 Å². The van der Waals surface area contributed by atoms with Crippen LogP contribution in [0.3, 0.4) is 0 Å². The average molecular weight is 451 g/mol. The summed E-state index contributed by atoms with van der Waals surface area (Å²) in [6.45, 7) is 0.521. The molecule has 0 radical (unpaired) electrons. The third kappa shape index (κ3) is 5.14. The van der Waals surface area contributed by atoms with Crippen LogP contribution in [0.1, 0.15) is 46.6 Å². The molecule has 3 heterocycles. The number of aromatic nitrogens is 2. The highest BCUT2D eigenvalue weighted by molar-refractivity contribution is 5.98. The molecule has 4 rings (SSSR count). The van der Waals surface area contributed by atoms with Crippen LogP contribution in [0.4, 0.5) is 20.2 Å². The Labute approximate surface area is 189 Å². The lowest BCUT2D eigenvalue weighted by atomic mass is 10.1. The molecule has 9 heteroatoms. The van der Waals surface area contributed by atoms with Crippen LogP contribution in [0.5, 0.6) is 0 Å². The van der Waals surface area contributed by atoms with Gasteiger partial charge in [0.05, 0.1) is 23.1 Å². The van der Waals surface area contributed by atoms with E-state index in [9.17, 15) is 18.4 Å². The maximum Gasteiger partial charge on any atom is 0.252 e. The summed E-state index contributed by atoms with van der Waals surface area (Å²) in [5.41, 5.74) is 7.79. The van der Waals surface area contributed by atoms with Crippen LogP contribution in [0.2, 0.25) is 0 Å². The molecular weight excluding hydrogens is 428 g/mol. The highest BCUT2D eigenvalue weighted by atomic mass is 19.1. The Bertz CT molecular complexity index is 1160. The van der Waals surface area contributed by atoms with Crippen molar-refractivity contribution in [2.75, 3.05) is 16.8 Å². The van der Waals surface area contributed by atoms with Gasteiger partial charge in [-0.15, -0.1) is 0 Å². The van der Waals surface area contributed by atoms with Gasteiger partial charge in [-0.3, -0.25) is 19.6 Å². The molecule has 1 fully saturated rings. The van der Waals surface area contributed by atoms with Gasteiger partial charge in [-0.25, -0.2) is 8.78 Å². The van der Waals surface area contributed by atoms with Gasteiger partial charge in [-0.1, -0.05) is 6.07 Å². The Hall–Kier alpha value is -3.88. The van der Waals surface area contributed by atoms with Gasteiger partial charge in [0.15, 0.2) is 0 Å². The molecular formula is C24H23F2N5O2. The van der Waals surface area contributed by atoms with E-state index in [-0.39, 0.29) is 23.6 Å². The summed E-state index contributed by atoms with van der Waals surface area (Å²) in [6.07, 6.45) is 5.78. The molecule has 3 aromatic rings. The maximum atomic E-state index is 14.0. The van der Waals surface area contributed by atoms with E-state index < -0.39 is 17.5 Å². The number of nitrogens with one attached hydrogen (secondary N) is 1. The standard InChI is InChI=1S/C24H23F2N5O2/c25-20-4-3-5-21(26)18(20)13-30-22-11-16(29-14-19(22)24(27)33)10-15-7-8-17(12-28-15)31-9-2-1-6-23(31)32/h3-5,7-8,11-12,14H,1-2,6,9-10,13H2,(H2,27,33)(H,29,30). The number of hydrogen-bond acceptors (Lipinski definition) is 5. The average Bonchev–Trinajstić information content (AvgIpc) is 2.80. The maximum absolute atomic E-state index is 14.0. The number of benzene rings is 1. The quantitative estimate of drug-likeness (QED) is 0.572. The number of anilines is 2. The summed E-state index contributed by atoms with van der Waals surface area (Å²) >= 11 is 0. The minimum absolute atomic E-state index is 0.0986. The fraction of sp³-hybridized carbons (Fsp3) is 0.250. The summed E-state index contributed by atoms with van der Waals surface area (Å²) in [6, 6.07) is 8.90. The largest absolute Gasteiger partial charge is 0.380 e. The molecule has 170 valence electrons. The van der Waals surface area contributed by atoms with Crippen LogP contribution in [-0.2, 0) is 17.8 Å². The fourth-order valence-electron chi connectivity index (χ4n) is 3.77. The van der Waals surface area contributed by atoms with Crippen LogP contribution in [0.25, 0.3) is 0 Å². The van der Waals surface area contributed by atoms with Crippen LogP contribution in [-0.4, -0.2) is 28.3 Å². The predicted octanol–water partition coefficient (Wildman–Crippen LogP) is 3.57. The normalized spacial score (nSPS) is 13.8. The van der Waals surface area contributed by atoms with Crippen molar-refractivity contribution >= 4 is 23.2 Å². The van der Waals surface area contributed by atoms with Crippen molar-refractivity contribution in [2.45, 2.75) is 32.2 Å². The number of pyridine rings is 2. The van der Waals surface area contributed by atoms with Gasteiger partial charge in [-0.2, -0.15) is 0 Å². The van der Waals surface area contributed by atoms with Crippen molar-refractivity contribution < 1.29 is 18.4 Å². The van der Waals surface area contributed by atoms with E-state index in [0.717, 1.165) is 18.5 Å². The lowest BCUT2D eigenvalue weighted by molar-refractivity contribution is -0.119. The first-order chi connectivity index (χ1) is 15.9. The van der Waals surface area contributed by atoms with Crippen molar-refractivity contribution in [1.29, 1.82) is 0 Å². The number of halogens is 2. The smallest absolute Gasteiger partial charge is 0.252 e. The van der Waals surface area contributed by atoms with E-state index in [1.54, 1.807) is 17.2 Å². The van der Waals surface area contributed by atoms with Gasteiger partial charge in [0, 0.05) is 49.1 Å². The fourth-order valence-corrected chi connectivity index (χ4v) is 3.77. The molecule has 33 heavy (non-hydrogen) atoms. The first-order valence-corrected chi connectivity index (χ1v) is 10.6. The second-order valence-corrected chi connectivity index (χ2v) is 7.83. The number of carbonyl (C=O) groups is 2. The Morgan fingerprint density at radius 1 is 1.06 bits per heavy atom. The highest BCUT2D eigenvalue weighted by Crippen LogP contribution is 2.22. The lowest BCUT2D eigenvalue weighted by Crippen LogP contribution is -2.35. The predicted molar refractivity (Wildman–Crippen MR) is 120 cm³/mol. The number of carbonyl (C=O) groups excluding carboxylic acids is 2. The molecule has 3 N–H and O–H groups in total. The molecule has 1 aromatic carbocycles. The Morgan fingerprint density at radius 3 is 2.48 bits per heavy atom. The van der Waals surface area contributed by atoms with E-state index in [0.29, 0.717) is 36.5 Å². The van der Waals surface area contributed by atoms with Crippen LogP contribution < -0.4 is 16.0 Å². The van der Waals surface area contributed by atoms with Gasteiger partial charge in [-0.05, 0) is 43.2 Å². The van der Waals surface area contributed by atoms with E-state index in [1.165, 1.54) is 24.4 Å². The zero-order valence-corrected chi connectivity index (χ0v) is 17.9. The molecule has 0 saturated carbocycles. The van der Waals surface area contributed by atoms with Crippen molar-refractivity contribution in [3.63, 3.8) is 0 Å². The summed E-state index contributed by atoms with van der Waals surface area (Å²) in [7, 11) is 0. The van der Waals surface area contributed by atoms with E-state index in [4.69, 9.17) is 5.73 Å². The molecule has 0 bridgehead atoms. The molecule has 2 aromatic heterocycles. The number of hydrogen-bond donors (Lipinski definition) is 2. The Morgan fingerprint density at radius 2 is 1.82 bits per heavy atom. The third-order valence-corrected chi connectivity index (χ3v) is 5.55. The van der Waals surface area contributed by atoms with Crippen molar-refractivity contribution in [3.8, 4) is 0 Å². The molecule has 1 aliphatic rings. The summed E-state index contributed by atoms with van der Waals surface area (Å²) in [5.74, 6) is -1.98. The second kappa shape index (κ2) is 9.72. The molecule has 1 saturated heterocycles. The highest BCUT2D eigenvalue weighted by Gasteiger charge is 2.20. The molecule has 7 nitrogen and oxygen atoms in total. The molecule has 0 atom stereocenters. The van der Waals surface area contributed by atoms with Crippen molar-refractivity contribution in [1.82, 2.24) is 9.97 Å². The lowest BCUT2D eigenvalue weighted by Gasteiger charge is -2.26. The molecule has 0 aliphatic carbocycles. The first kappa shape index (κ1) is 22.3. The SMILES string of the molecule is NC(=O)c1cnc(Cc2ccc(N3CCCCC3=O)cn2)cc1NCc1c(F)cccc1F. The number of primary amides is 1. The molecule has 2 amide bonds. The number of piperidine rings is 1. The molecule has 0 unspecified atom stereocenters. The molecule has 1 aliphatic heterocycles. The van der Waals surface area contributed by atoms with E-state index in [1.807, 2.05) is 12.1 Å². The Kier molecular flexibility index (Phi) is 6.58. The van der Waals surface area contributed by atoms with Gasteiger partial charge < -0.3 is 16.0 Å². The van der Waals surface area contributed by atoms with E-state index >= 15 is 0 Å². The summed E-state index contributed by atoms with van der Waals surface area (Å²) in [4.78, 5) is 34.4. The third-order valence-electron chi connectivity index (χ3n) is 5.55. The van der Waals surface area contributed by atoms with Gasteiger partial charge in [0.2, 0.25) is 5.91 Å². The van der Waals surface area contributed by atoms with Crippen molar-refractivity contribution in [2.24, 2.45) is 5.73 Å². The topological polar surface area (TPSA) is 101 Å². The van der Waals surface area contributed by atoms with Gasteiger partial charge >= 0.3 is 0 Å². The monoisotopic (exact) mass is 451 g/mol. The van der Waals surface area contributed by atoms with Gasteiger partial charge in [0.1, 0.15) is 11.6 Å². The van der Waals surface area contributed by atoms with Crippen LogP contribution in [0.15, 0.2) is 48.8 Å². The number of nitrogens with two attached hydrogens (primary N) is 1. The summed E-state index contributed by atoms with van der Waals surface area (Å²) < 4.78 is 27.9. The number of amides is 2. The second-order valence-electron chi connectivity index (χ2n) is 7.83. The van der Waals surface area contributed by atoms with Crippen molar-refractivity contribution in [3.05, 3.63) is 82.9 Å².